The first-order chi connectivity index (χ1) is 6.27. The van der Waals surface area contributed by atoms with Gasteiger partial charge in [0.2, 0.25) is 0 Å². The summed E-state index contributed by atoms with van der Waals surface area (Å²) in [5.74, 6) is 0.903. The predicted octanol–water partition coefficient (Wildman–Crippen LogP) is 3.96. The van der Waals surface area contributed by atoms with Gasteiger partial charge >= 0.3 is 0 Å². The molecular formula is C12H27B. The van der Waals surface area contributed by atoms with Crippen LogP contribution in [0.5, 0.6) is 0 Å². The van der Waals surface area contributed by atoms with Gasteiger partial charge in [0.1, 0.15) is 7.85 Å². The van der Waals surface area contributed by atoms with Crippen LogP contribution >= 0.6 is 0 Å². The largest absolute Gasteiger partial charge is 0.105 e. The fourth-order valence-electron chi connectivity index (χ4n) is 1.69. The van der Waals surface area contributed by atoms with E-state index in [4.69, 9.17) is 0 Å². The van der Waals surface area contributed by atoms with E-state index in [0.29, 0.717) is 0 Å². The summed E-state index contributed by atoms with van der Waals surface area (Å²) in [4.78, 5) is 0. The van der Waals surface area contributed by atoms with Crippen molar-refractivity contribution in [2.24, 2.45) is 0 Å². The molecule has 0 saturated carbocycles. The van der Waals surface area contributed by atoms with Gasteiger partial charge in [-0.2, -0.15) is 0 Å². The van der Waals surface area contributed by atoms with Crippen molar-refractivity contribution in [1.82, 2.24) is 0 Å². The van der Waals surface area contributed by atoms with Crippen LogP contribution in [0.3, 0.4) is 0 Å². The van der Waals surface area contributed by atoms with Crippen LogP contribution in [-0.2, 0) is 0 Å². The molecule has 0 aromatic heterocycles. The smallest absolute Gasteiger partial charge is 0.0725 e. The minimum atomic E-state index is 0.903. The molecule has 0 aromatic rings. The van der Waals surface area contributed by atoms with Crippen LogP contribution in [0.2, 0.25) is 5.82 Å². The zero-order valence-electron chi connectivity index (χ0n) is 9.94. The first-order valence-corrected chi connectivity index (χ1v) is 6.27. The fourth-order valence-corrected chi connectivity index (χ4v) is 1.69. The van der Waals surface area contributed by atoms with Gasteiger partial charge < -0.3 is 0 Å². The van der Waals surface area contributed by atoms with Gasteiger partial charge in [-0.3, -0.25) is 0 Å². The van der Waals surface area contributed by atoms with Crippen molar-refractivity contribution in [2.45, 2.75) is 77.5 Å². The van der Waals surface area contributed by atoms with Crippen molar-refractivity contribution in [2.75, 3.05) is 0 Å². The maximum absolute atomic E-state index is 2.32. The first-order valence-electron chi connectivity index (χ1n) is 6.27. The third kappa shape index (κ3) is 12.1. The lowest BCUT2D eigenvalue weighted by atomic mass is 9.85. The van der Waals surface area contributed by atoms with Gasteiger partial charge in [-0.1, -0.05) is 77.5 Å². The van der Waals surface area contributed by atoms with Crippen LogP contribution in [0.4, 0.5) is 0 Å². The lowest BCUT2D eigenvalue weighted by molar-refractivity contribution is 0.562. The minimum absolute atomic E-state index is 0.903. The molecule has 0 N–H and O–H groups in total. The summed E-state index contributed by atoms with van der Waals surface area (Å²) in [5, 5.41) is 0. The van der Waals surface area contributed by atoms with Crippen molar-refractivity contribution in [3.8, 4) is 0 Å². The van der Waals surface area contributed by atoms with Crippen LogP contribution in [0, 0.1) is 0 Å². The molecule has 0 bridgehead atoms. The molecule has 1 atom stereocenters. The molecule has 0 aliphatic rings. The zero-order valence-corrected chi connectivity index (χ0v) is 9.94. The lowest BCUT2D eigenvalue weighted by Gasteiger charge is -2.03. The van der Waals surface area contributed by atoms with Gasteiger partial charge in [0.15, 0.2) is 0 Å². The molecule has 1 heteroatoms. The molecule has 78 valence electrons. The molecular weight excluding hydrogens is 155 g/mol. The van der Waals surface area contributed by atoms with Crippen LogP contribution in [0.15, 0.2) is 0 Å². The summed E-state index contributed by atoms with van der Waals surface area (Å²) < 4.78 is 0. The minimum Gasteiger partial charge on any atom is -0.0725 e. The fraction of sp³-hybridized carbons (Fsp3) is 1.00. The lowest BCUT2D eigenvalue weighted by Crippen LogP contribution is -1.86. The molecule has 0 aliphatic heterocycles. The van der Waals surface area contributed by atoms with Crippen molar-refractivity contribution in [3.63, 3.8) is 0 Å². The number of hydrogen-bond donors (Lipinski definition) is 0. The quantitative estimate of drug-likeness (QED) is 0.374. The molecule has 0 rings (SSSR count). The second-order valence-corrected chi connectivity index (χ2v) is 4.66. The third-order valence-corrected chi connectivity index (χ3v) is 2.64. The van der Waals surface area contributed by atoms with Gasteiger partial charge in [0.05, 0.1) is 0 Å². The van der Waals surface area contributed by atoms with E-state index in [0.717, 1.165) is 5.82 Å². The van der Waals surface area contributed by atoms with E-state index in [1.165, 1.54) is 57.8 Å². The number of unbranched alkanes of at least 4 members (excludes halogenated alkanes) is 7. The third-order valence-electron chi connectivity index (χ3n) is 2.64. The van der Waals surface area contributed by atoms with E-state index in [2.05, 4.69) is 21.7 Å². The monoisotopic (exact) mass is 182 g/mol. The molecule has 0 amide bonds. The summed E-state index contributed by atoms with van der Waals surface area (Å²) in [6.45, 7) is 4.60. The van der Waals surface area contributed by atoms with E-state index in [9.17, 15) is 0 Å². The Morgan fingerprint density at radius 3 is 1.77 bits per heavy atom. The topological polar surface area (TPSA) is 0 Å². The summed E-state index contributed by atoms with van der Waals surface area (Å²) in [5.41, 5.74) is 0. The predicted molar refractivity (Wildman–Crippen MR) is 65.2 cm³/mol. The van der Waals surface area contributed by atoms with Gasteiger partial charge in [-0.05, 0) is 0 Å². The Hall–Kier alpha value is 0.0649. The van der Waals surface area contributed by atoms with E-state index < -0.39 is 0 Å². The second kappa shape index (κ2) is 10.1. The van der Waals surface area contributed by atoms with Gasteiger partial charge in [-0.25, -0.2) is 0 Å². The van der Waals surface area contributed by atoms with E-state index in [-0.39, 0.29) is 0 Å². The van der Waals surface area contributed by atoms with Crippen LogP contribution in [0.25, 0.3) is 0 Å². The van der Waals surface area contributed by atoms with Crippen LogP contribution in [-0.4, -0.2) is 7.85 Å². The molecule has 0 spiro atoms. The molecule has 0 aliphatic carbocycles. The molecule has 1 unspecified atom stereocenters. The highest BCUT2D eigenvalue weighted by atomic mass is 14.0. The van der Waals surface area contributed by atoms with Gasteiger partial charge in [0.25, 0.3) is 0 Å². The maximum atomic E-state index is 2.32. The van der Waals surface area contributed by atoms with Crippen molar-refractivity contribution in [3.05, 3.63) is 0 Å². The summed E-state index contributed by atoms with van der Waals surface area (Å²) in [7, 11) is 2.32. The van der Waals surface area contributed by atoms with Crippen molar-refractivity contribution >= 4 is 7.85 Å². The summed E-state index contributed by atoms with van der Waals surface area (Å²) >= 11 is 0. The molecule has 13 heavy (non-hydrogen) atoms. The normalized spacial score (nSPS) is 13.1. The molecule has 0 fully saturated rings. The highest BCUT2D eigenvalue weighted by Crippen LogP contribution is 2.13. The Morgan fingerprint density at radius 1 is 0.846 bits per heavy atom. The Balaban J connectivity index is 2.84. The van der Waals surface area contributed by atoms with Gasteiger partial charge in [0, 0.05) is 0 Å². The summed E-state index contributed by atoms with van der Waals surface area (Å²) in [6, 6.07) is 0. The second-order valence-electron chi connectivity index (χ2n) is 4.66. The average Bonchev–Trinajstić information content (AvgIpc) is 2.09. The highest BCUT2D eigenvalue weighted by molar-refractivity contribution is 6.11. The Kier molecular flexibility index (Phi) is 10.2. The molecule has 0 nitrogen and oxygen atoms in total. The van der Waals surface area contributed by atoms with Crippen molar-refractivity contribution < 1.29 is 0 Å². The molecule has 0 radical (unpaired) electrons. The highest BCUT2D eigenvalue weighted by Gasteiger charge is 1.94. The Morgan fingerprint density at radius 2 is 1.31 bits per heavy atom. The Bertz CT molecular complexity index is 89.1. The standard InChI is InChI=1S/C12H27B/c1-3-4-5-6-7-8-9-10-11-12(2)13/h12H,3-11,13H2,1-2H3. The van der Waals surface area contributed by atoms with Crippen LogP contribution in [0.1, 0.15) is 71.6 Å². The average molecular weight is 182 g/mol. The van der Waals surface area contributed by atoms with E-state index in [1.54, 1.807) is 0 Å². The number of rotatable bonds is 9. The summed E-state index contributed by atoms with van der Waals surface area (Å²) in [6.07, 6.45) is 13.0. The van der Waals surface area contributed by atoms with E-state index >= 15 is 0 Å². The maximum Gasteiger partial charge on any atom is 0.105 e. The molecule has 0 aromatic carbocycles. The zero-order chi connectivity index (χ0) is 9.94. The van der Waals surface area contributed by atoms with Crippen LogP contribution < -0.4 is 0 Å². The van der Waals surface area contributed by atoms with Crippen molar-refractivity contribution in [1.29, 1.82) is 0 Å². The molecule has 0 saturated heterocycles. The van der Waals surface area contributed by atoms with E-state index in [1.807, 2.05) is 0 Å². The Labute approximate surface area is 85.9 Å². The SMILES string of the molecule is BC(C)CCCCCCCCCC. The number of hydrogen-bond acceptors (Lipinski definition) is 0. The first kappa shape index (κ1) is 13.1. The van der Waals surface area contributed by atoms with Gasteiger partial charge in [-0.15, -0.1) is 0 Å². The molecule has 0 heterocycles.